The van der Waals surface area contributed by atoms with Gasteiger partial charge in [0, 0.05) is 17.1 Å². The van der Waals surface area contributed by atoms with Crippen LogP contribution >= 0.6 is 0 Å². The quantitative estimate of drug-likeness (QED) is 0.647. The molecule has 0 aliphatic rings. The Morgan fingerprint density at radius 2 is 1.92 bits per heavy atom. The number of H-pyrrole nitrogens is 1. The van der Waals surface area contributed by atoms with E-state index in [4.69, 9.17) is 4.74 Å². The van der Waals surface area contributed by atoms with Gasteiger partial charge in [-0.25, -0.2) is 0 Å². The molecule has 0 spiro atoms. The van der Waals surface area contributed by atoms with Crippen molar-refractivity contribution >= 4 is 16.8 Å². The van der Waals surface area contributed by atoms with Crippen LogP contribution in [0, 0.1) is 0 Å². The average Bonchev–Trinajstić information content (AvgIpc) is 3.04. The fourth-order valence-electron chi connectivity index (χ4n) is 2.92. The first-order chi connectivity index (χ1) is 12.1. The topological polar surface area (TPSA) is 74.3 Å². The summed E-state index contributed by atoms with van der Waals surface area (Å²) in [5.41, 5.74) is 2.69. The second kappa shape index (κ2) is 7.40. The number of aromatic amines is 1. The van der Waals surface area contributed by atoms with E-state index in [-0.39, 0.29) is 12.3 Å². The van der Waals surface area contributed by atoms with Crippen molar-refractivity contribution in [2.75, 3.05) is 7.11 Å². The third kappa shape index (κ3) is 3.83. The predicted octanol–water partition coefficient (Wildman–Crippen LogP) is 2.96. The summed E-state index contributed by atoms with van der Waals surface area (Å²) in [4.78, 5) is 15.5. The average molecular weight is 338 g/mol. The summed E-state index contributed by atoms with van der Waals surface area (Å²) in [6, 6.07) is 14.7. The van der Waals surface area contributed by atoms with E-state index < -0.39 is 12.1 Å². The minimum absolute atomic E-state index is 0.121. The molecule has 3 aromatic rings. The zero-order valence-electron chi connectivity index (χ0n) is 14.3. The van der Waals surface area contributed by atoms with E-state index in [0.29, 0.717) is 0 Å². The third-order valence-corrected chi connectivity index (χ3v) is 4.35. The molecule has 0 fully saturated rings. The molecule has 2 unspecified atom stereocenters. The van der Waals surface area contributed by atoms with Crippen LogP contribution in [-0.4, -0.2) is 29.1 Å². The Hall–Kier alpha value is -2.79. The van der Waals surface area contributed by atoms with Crippen LogP contribution in [0.5, 0.6) is 5.75 Å². The maximum atomic E-state index is 12.3. The van der Waals surface area contributed by atoms with E-state index in [0.717, 1.165) is 27.8 Å². The molecule has 1 heterocycles. The van der Waals surface area contributed by atoms with Gasteiger partial charge >= 0.3 is 0 Å². The predicted molar refractivity (Wildman–Crippen MR) is 97.6 cm³/mol. The van der Waals surface area contributed by atoms with E-state index >= 15 is 0 Å². The molecule has 130 valence electrons. The van der Waals surface area contributed by atoms with Gasteiger partial charge in [0.15, 0.2) is 0 Å². The van der Waals surface area contributed by atoms with E-state index in [1.54, 1.807) is 38.3 Å². The van der Waals surface area contributed by atoms with Crippen LogP contribution in [-0.2, 0) is 11.2 Å². The van der Waals surface area contributed by atoms with Crippen LogP contribution in [0.2, 0.25) is 0 Å². The number of benzene rings is 2. The van der Waals surface area contributed by atoms with Gasteiger partial charge in [-0.15, -0.1) is 0 Å². The molecule has 5 heteroatoms. The Labute approximate surface area is 146 Å². The zero-order chi connectivity index (χ0) is 17.8. The molecule has 5 nitrogen and oxygen atoms in total. The van der Waals surface area contributed by atoms with E-state index in [1.165, 1.54) is 0 Å². The fourth-order valence-corrected chi connectivity index (χ4v) is 2.92. The number of rotatable bonds is 6. The van der Waals surface area contributed by atoms with Gasteiger partial charge < -0.3 is 20.1 Å². The van der Waals surface area contributed by atoms with Crippen molar-refractivity contribution in [2.45, 2.75) is 25.5 Å². The van der Waals surface area contributed by atoms with E-state index in [9.17, 15) is 9.90 Å². The van der Waals surface area contributed by atoms with Crippen LogP contribution in [0.25, 0.3) is 10.9 Å². The molecule has 0 aliphatic carbocycles. The number of amides is 1. The van der Waals surface area contributed by atoms with E-state index in [2.05, 4.69) is 10.3 Å². The molecular formula is C20H22N2O3. The molecule has 25 heavy (non-hydrogen) atoms. The van der Waals surface area contributed by atoms with Crippen LogP contribution in [0.4, 0.5) is 0 Å². The molecule has 1 amide bonds. The number of ether oxygens (including phenoxy) is 1. The minimum Gasteiger partial charge on any atom is -0.497 e. The number of aromatic nitrogens is 1. The van der Waals surface area contributed by atoms with Gasteiger partial charge in [0.1, 0.15) is 5.75 Å². The number of aliphatic hydroxyl groups excluding tert-OH is 1. The van der Waals surface area contributed by atoms with Crippen molar-refractivity contribution in [2.24, 2.45) is 0 Å². The maximum Gasteiger partial charge on any atom is 0.224 e. The van der Waals surface area contributed by atoms with Gasteiger partial charge in [0.2, 0.25) is 5.91 Å². The number of hydrogen-bond donors (Lipinski definition) is 3. The molecule has 0 saturated carbocycles. The first-order valence-electron chi connectivity index (χ1n) is 8.25. The SMILES string of the molecule is COc1ccc(C(O)C(C)NC(=O)Cc2c[nH]c3ccccc23)cc1. The van der Waals surface area contributed by atoms with Crippen LogP contribution < -0.4 is 10.1 Å². The van der Waals surface area contributed by atoms with Gasteiger partial charge in [-0.3, -0.25) is 4.79 Å². The minimum atomic E-state index is -0.780. The Bertz CT molecular complexity index is 855. The zero-order valence-corrected chi connectivity index (χ0v) is 14.3. The second-order valence-corrected chi connectivity index (χ2v) is 6.11. The highest BCUT2D eigenvalue weighted by atomic mass is 16.5. The molecule has 0 bridgehead atoms. The normalized spacial score (nSPS) is 13.4. The van der Waals surface area contributed by atoms with Crippen molar-refractivity contribution in [3.8, 4) is 5.75 Å². The lowest BCUT2D eigenvalue weighted by atomic mass is 10.0. The number of carbonyl (C=O) groups is 1. The van der Waals surface area contributed by atoms with E-state index in [1.807, 2.05) is 30.5 Å². The lowest BCUT2D eigenvalue weighted by molar-refractivity contribution is -0.121. The van der Waals surface area contributed by atoms with Crippen LogP contribution in [0.3, 0.4) is 0 Å². The Morgan fingerprint density at radius 3 is 2.64 bits per heavy atom. The number of aliphatic hydroxyl groups is 1. The monoisotopic (exact) mass is 338 g/mol. The largest absolute Gasteiger partial charge is 0.497 e. The number of hydrogen-bond acceptors (Lipinski definition) is 3. The van der Waals surface area contributed by atoms with Crippen molar-refractivity contribution in [1.82, 2.24) is 10.3 Å². The summed E-state index contributed by atoms with van der Waals surface area (Å²) in [6.45, 7) is 1.79. The summed E-state index contributed by atoms with van der Waals surface area (Å²) in [5, 5.41) is 14.4. The molecule has 1 aromatic heterocycles. The lowest BCUT2D eigenvalue weighted by Crippen LogP contribution is -2.37. The van der Waals surface area contributed by atoms with Gasteiger partial charge in [0.05, 0.1) is 25.7 Å². The van der Waals surface area contributed by atoms with Gasteiger partial charge in [-0.2, -0.15) is 0 Å². The summed E-state index contributed by atoms with van der Waals surface area (Å²) >= 11 is 0. The molecule has 0 radical (unpaired) electrons. The van der Waals surface area contributed by atoms with Gasteiger partial charge in [0.25, 0.3) is 0 Å². The van der Waals surface area contributed by atoms with Crippen LogP contribution in [0.15, 0.2) is 54.7 Å². The Morgan fingerprint density at radius 1 is 1.20 bits per heavy atom. The summed E-state index contributed by atoms with van der Waals surface area (Å²) in [7, 11) is 1.60. The van der Waals surface area contributed by atoms with Crippen molar-refractivity contribution in [3.05, 3.63) is 65.9 Å². The molecule has 2 atom stereocenters. The highest BCUT2D eigenvalue weighted by Gasteiger charge is 2.19. The summed E-state index contributed by atoms with van der Waals surface area (Å²) in [6.07, 6.45) is 1.34. The van der Waals surface area contributed by atoms with Gasteiger partial charge in [-0.1, -0.05) is 30.3 Å². The second-order valence-electron chi connectivity index (χ2n) is 6.11. The van der Waals surface area contributed by atoms with Crippen LogP contribution in [0.1, 0.15) is 24.2 Å². The summed E-state index contributed by atoms with van der Waals surface area (Å²) in [5.74, 6) is 0.608. The number of fused-ring (bicyclic) bond motifs is 1. The molecule has 0 saturated heterocycles. The summed E-state index contributed by atoms with van der Waals surface area (Å²) < 4.78 is 5.11. The highest BCUT2D eigenvalue weighted by molar-refractivity contribution is 5.88. The highest BCUT2D eigenvalue weighted by Crippen LogP contribution is 2.21. The molecular weight excluding hydrogens is 316 g/mol. The maximum absolute atomic E-state index is 12.3. The lowest BCUT2D eigenvalue weighted by Gasteiger charge is -2.21. The Kier molecular flexibility index (Phi) is 5.05. The first-order valence-corrected chi connectivity index (χ1v) is 8.25. The number of para-hydroxylation sites is 1. The number of carbonyl (C=O) groups excluding carboxylic acids is 1. The van der Waals surface area contributed by atoms with Crippen molar-refractivity contribution in [3.63, 3.8) is 0 Å². The van der Waals surface area contributed by atoms with Crippen molar-refractivity contribution < 1.29 is 14.6 Å². The standard InChI is InChI=1S/C20H22N2O3/c1-13(20(24)14-7-9-16(25-2)10-8-14)22-19(23)11-15-12-21-18-6-4-3-5-17(15)18/h3-10,12-13,20-21,24H,11H2,1-2H3,(H,22,23). The Balaban J connectivity index is 1.63. The number of methoxy groups -OCH3 is 1. The van der Waals surface area contributed by atoms with Gasteiger partial charge in [-0.05, 0) is 36.2 Å². The molecule has 3 N–H and O–H groups in total. The molecule has 3 rings (SSSR count). The molecule has 0 aliphatic heterocycles. The van der Waals surface area contributed by atoms with Crippen molar-refractivity contribution in [1.29, 1.82) is 0 Å². The number of nitrogens with one attached hydrogen (secondary N) is 2. The fraction of sp³-hybridized carbons (Fsp3) is 0.250. The smallest absolute Gasteiger partial charge is 0.224 e. The molecule has 2 aromatic carbocycles. The third-order valence-electron chi connectivity index (χ3n) is 4.35. The first kappa shape index (κ1) is 17.0.